The van der Waals surface area contributed by atoms with Crippen LogP contribution < -0.4 is 21.3 Å². The van der Waals surface area contributed by atoms with E-state index >= 15 is 0 Å². The molecule has 5 aliphatic rings. The molecule has 0 saturated carbocycles. The molecule has 43 heavy (non-hydrogen) atoms. The van der Waals surface area contributed by atoms with Crippen molar-refractivity contribution in [2.75, 3.05) is 0 Å². The average molecular weight is 597 g/mol. The van der Waals surface area contributed by atoms with Crippen LogP contribution in [0.4, 0.5) is 0 Å². The fourth-order valence-electron chi connectivity index (χ4n) is 9.18. The van der Waals surface area contributed by atoms with E-state index < -0.39 is 18.0 Å². The Morgan fingerprint density at radius 1 is 0.814 bits per heavy atom. The van der Waals surface area contributed by atoms with E-state index in [1.807, 2.05) is 13.0 Å². The number of rotatable bonds is 8. The van der Waals surface area contributed by atoms with Crippen LogP contribution in [-0.2, 0) is 9.59 Å². The second kappa shape index (κ2) is 13.0. The van der Waals surface area contributed by atoms with Gasteiger partial charge in [-0.2, -0.15) is 0 Å². The highest BCUT2D eigenvalue weighted by molar-refractivity contribution is 5.67. The number of hydrogen-bond acceptors (Lipinski definition) is 7. The van der Waals surface area contributed by atoms with Crippen molar-refractivity contribution in [3.05, 3.63) is 46.1 Å². The summed E-state index contributed by atoms with van der Waals surface area (Å²) < 4.78 is 0. The maximum Gasteiger partial charge on any atom is 0.303 e. The molecule has 0 radical (unpaired) electrons. The fourth-order valence-corrected chi connectivity index (χ4v) is 9.18. The molecular formula is C34H52N4O5. The Morgan fingerprint density at radius 3 is 2.05 bits per heavy atom. The van der Waals surface area contributed by atoms with E-state index in [4.69, 9.17) is 0 Å². The summed E-state index contributed by atoms with van der Waals surface area (Å²) in [7, 11) is 0. The molecule has 2 saturated heterocycles. The molecule has 5 heterocycles. The van der Waals surface area contributed by atoms with Crippen LogP contribution in [0.5, 0.6) is 0 Å². The molecule has 11 atom stereocenters. The summed E-state index contributed by atoms with van der Waals surface area (Å²) in [6.45, 7) is 14.8. The van der Waals surface area contributed by atoms with Crippen molar-refractivity contribution < 1.29 is 24.9 Å². The minimum atomic E-state index is -0.794. The Morgan fingerprint density at radius 2 is 1.40 bits per heavy atom. The van der Waals surface area contributed by atoms with Gasteiger partial charge in [0.15, 0.2) is 0 Å². The first kappa shape index (κ1) is 32.1. The Balaban J connectivity index is 1.52. The van der Waals surface area contributed by atoms with Crippen molar-refractivity contribution in [3.8, 4) is 0 Å². The normalized spacial score (nSPS) is 38.7. The van der Waals surface area contributed by atoms with E-state index in [9.17, 15) is 24.9 Å². The fraction of sp³-hybridized carbons (Fsp3) is 0.706. The van der Waals surface area contributed by atoms with Gasteiger partial charge in [0, 0.05) is 61.2 Å². The summed E-state index contributed by atoms with van der Waals surface area (Å²) >= 11 is 0. The van der Waals surface area contributed by atoms with Crippen LogP contribution in [0, 0.1) is 11.8 Å². The molecule has 0 amide bonds. The molecule has 2 fully saturated rings. The Labute approximate surface area is 256 Å². The second-order valence-corrected chi connectivity index (χ2v) is 13.9. The SMILES string of the molecule is C=CC1=C(C)C2CC3NC(CC4NC(CC5NC(CC1N2)C(C)C5CCC(=O)O)C(CCC(=O)O)=C4C)C(C)=C3C(C)O. The van der Waals surface area contributed by atoms with Gasteiger partial charge in [-0.15, -0.1) is 0 Å². The molecule has 11 unspecified atom stereocenters. The average Bonchev–Trinajstić information content (AvgIpc) is 3.59. The van der Waals surface area contributed by atoms with Crippen molar-refractivity contribution in [2.45, 2.75) is 140 Å². The molecule has 0 aromatic rings. The summed E-state index contributed by atoms with van der Waals surface area (Å²) in [6.07, 6.45) is 6.17. The molecule has 0 aromatic heterocycles. The smallest absolute Gasteiger partial charge is 0.303 e. The molecule has 0 aliphatic carbocycles. The molecule has 7 N–H and O–H groups in total. The van der Waals surface area contributed by atoms with Crippen LogP contribution in [0.1, 0.15) is 86.0 Å². The maximum atomic E-state index is 11.6. The third-order valence-corrected chi connectivity index (χ3v) is 11.5. The summed E-state index contributed by atoms with van der Waals surface area (Å²) in [5.74, 6) is -1.05. The first-order chi connectivity index (χ1) is 20.4. The molecule has 238 valence electrons. The number of aliphatic hydroxyl groups excluding tert-OH is 1. The van der Waals surface area contributed by atoms with Gasteiger partial charge in [0.25, 0.3) is 0 Å². The van der Waals surface area contributed by atoms with Gasteiger partial charge in [0.1, 0.15) is 0 Å². The highest BCUT2D eigenvalue weighted by Gasteiger charge is 2.46. The highest BCUT2D eigenvalue weighted by Crippen LogP contribution is 2.41. The topological polar surface area (TPSA) is 143 Å². The van der Waals surface area contributed by atoms with Crippen molar-refractivity contribution in [1.82, 2.24) is 21.3 Å². The lowest BCUT2D eigenvalue weighted by atomic mass is 9.80. The zero-order chi connectivity index (χ0) is 31.2. The number of carboxylic acid groups (broad SMARTS) is 2. The number of carbonyl (C=O) groups is 2. The first-order valence-electron chi connectivity index (χ1n) is 16.3. The van der Waals surface area contributed by atoms with Crippen molar-refractivity contribution in [1.29, 1.82) is 0 Å². The molecule has 5 aliphatic heterocycles. The van der Waals surface area contributed by atoms with Gasteiger partial charge >= 0.3 is 11.9 Å². The zero-order valence-electron chi connectivity index (χ0n) is 26.5. The molecule has 9 heteroatoms. The number of carboxylic acids is 2. The maximum absolute atomic E-state index is 11.6. The number of aliphatic carboxylic acids is 2. The third-order valence-electron chi connectivity index (χ3n) is 11.5. The Bertz CT molecular complexity index is 1220. The second-order valence-electron chi connectivity index (χ2n) is 13.9. The van der Waals surface area contributed by atoms with Gasteiger partial charge in [-0.3, -0.25) is 9.59 Å². The first-order valence-corrected chi connectivity index (χ1v) is 16.3. The van der Waals surface area contributed by atoms with Gasteiger partial charge in [-0.25, -0.2) is 0 Å². The number of aliphatic hydroxyl groups is 1. The van der Waals surface area contributed by atoms with Crippen molar-refractivity contribution >= 4 is 11.9 Å². The summed E-state index contributed by atoms with van der Waals surface area (Å²) in [4.78, 5) is 23.3. The summed E-state index contributed by atoms with van der Waals surface area (Å²) in [5.41, 5.74) is 7.27. The Kier molecular flexibility index (Phi) is 9.69. The summed E-state index contributed by atoms with van der Waals surface area (Å²) in [5, 5.41) is 45.6. The van der Waals surface area contributed by atoms with E-state index in [0.717, 1.165) is 31.3 Å². The lowest BCUT2D eigenvalue weighted by Crippen LogP contribution is -2.46. The molecular weight excluding hydrogens is 544 g/mol. The van der Waals surface area contributed by atoms with E-state index in [-0.39, 0.29) is 67.1 Å². The van der Waals surface area contributed by atoms with Crippen molar-refractivity contribution in [2.24, 2.45) is 11.8 Å². The zero-order valence-corrected chi connectivity index (χ0v) is 26.5. The molecule has 9 nitrogen and oxygen atoms in total. The lowest BCUT2D eigenvalue weighted by Gasteiger charge is -2.28. The lowest BCUT2D eigenvalue weighted by molar-refractivity contribution is -0.138. The van der Waals surface area contributed by atoms with Gasteiger partial charge in [0.2, 0.25) is 0 Å². The predicted octanol–water partition coefficient (Wildman–Crippen LogP) is 3.42. The largest absolute Gasteiger partial charge is 0.481 e. The van der Waals surface area contributed by atoms with Crippen LogP contribution in [0.15, 0.2) is 46.1 Å². The monoisotopic (exact) mass is 596 g/mol. The van der Waals surface area contributed by atoms with Crippen LogP contribution in [-0.4, -0.2) is 81.7 Å². The minimum Gasteiger partial charge on any atom is -0.481 e. The van der Waals surface area contributed by atoms with E-state index in [1.54, 1.807) is 0 Å². The van der Waals surface area contributed by atoms with Gasteiger partial charge in [-0.05, 0) is 89.2 Å². The number of nitrogens with one attached hydrogen (secondary N) is 4. The van der Waals surface area contributed by atoms with Crippen LogP contribution >= 0.6 is 0 Å². The van der Waals surface area contributed by atoms with E-state index in [1.165, 1.54) is 27.9 Å². The third kappa shape index (κ3) is 6.43. The van der Waals surface area contributed by atoms with Crippen LogP contribution in [0.25, 0.3) is 0 Å². The minimum absolute atomic E-state index is 0.0330. The predicted molar refractivity (Wildman–Crippen MR) is 168 cm³/mol. The van der Waals surface area contributed by atoms with Crippen molar-refractivity contribution in [3.63, 3.8) is 0 Å². The summed E-state index contributed by atoms with van der Waals surface area (Å²) in [6, 6.07) is 0.936. The van der Waals surface area contributed by atoms with E-state index in [2.05, 4.69) is 55.5 Å². The molecule has 5 rings (SSSR count). The van der Waals surface area contributed by atoms with Crippen LogP contribution in [0.2, 0.25) is 0 Å². The van der Waals surface area contributed by atoms with Gasteiger partial charge < -0.3 is 36.6 Å². The van der Waals surface area contributed by atoms with Crippen LogP contribution in [0.3, 0.4) is 0 Å². The quantitative estimate of drug-likeness (QED) is 0.210. The number of hydrogen-bond donors (Lipinski definition) is 7. The highest BCUT2D eigenvalue weighted by atomic mass is 16.4. The van der Waals surface area contributed by atoms with Gasteiger partial charge in [-0.1, -0.05) is 41.9 Å². The molecule has 0 aromatic carbocycles. The van der Waals surface area contributed by atoms with E-state index in [0.29, 0.717) is 18.8 Å². The molecule has 0 spiro atoms. The standard InChI is InChI=1S/C34H52N4O5/c1-7-21-16(2)26-14-31-34(20(6)39)19(5)27(38-31)12-24-17(3)22(8-10-32(40)41)29(36-24)15-30-23(9-11-33(42)43)18(4)25(37-30)13-28(21)35-26/h7,18,20,23-31,35-39H,1,8-15H2,2-6H3,(H,40,41)(H,42,43). The van der Waals surface area contributed by atoms with Gasteiger partial charge in [0.05, 0.1) is 6.10 Å². The number of fused-ring (bicyclic) bond motifs is 8. The molecule has 8 bridgehead atoms. The Hall–Kier alpha value is -2.30.